The van der Waals surface area contributed by atoms with Crippen molar-refractivity contribution in [2.75, 3.05) is 20.3 Å². The number of aromatic amines is 1. The van der Waals surface area contributed by atoms with Gasteiger partial charge in [0.2, 0.25) is 0 Å². The number of carboxylic acid groups (broad SMARTS) is 1. The zero-order chi connectivity index (χ0) is 24.8. The van der Waals surface area contributed by atoms with Crippen LogP contribution in [-0.4, -0.2) is 51.1 Å². The van der Waals surface area contributed by atoms with Gasteiger partial charge in [-0.3, -0.25) is 9.89 Å². The number of carbonyl (C=O) groups is 1. The van der Waals surface area contributed by atoms with E-state index in [1.54, 1.807) is 18.3 Å². The number of halogens is 1. The van der Waals surface area contributed by atoms with Gasteiger partial charge in [-0.1, -0.05) is 0 Å². The van der Waals surface area contributed by atoms with Gasteiger partial charge in [0.25, 0.3) is 0 Å². The normalized spacial score (nSPS) is 21.3. The second-order valence-corrected chi connectivity index (χ2v) is 9.89. The lowest BCUT2D eigenvalue weighted by Gasteiger charge is -2.30. The van der Waals surface area contributed by atoms with Crippen LogP contribution in [0.2, 0.25) is 0 Å². The molecule has 2 aliphatic rings. The van der Waals surface area contributed by atoms with Gasteiger partial charge in [-0.05, 0) is 62.6 Å². The third-order valence-corrected chi connectivity index (χ3v) is 7.90. The van der Waals surface area contributed by atoms with Gasteiger partial charge < -0.3 is 19.1 Å². The summed E-state index contributed by atoms with van der Waals surface area (Å²) in [6.07, 6.45) is 6.41. The molecule has 2 N–H and O–H groups in total. The fraction of sp³-hybridized carbons (Fsp3) is 0.444. The number of aliphatic carboxylic acids is 1. The maximum atomic E-state index is 14.4. The Hall–Kier alpha value is -3.46. The minimum atomic E-state index is -0.712. The number of aromatic nitrogens is 4. The van der Waals surface area contributed by atoms with E-state index in [9.17, 15) is 14.3 Å². The Labute approximate surface area is 207 Å². The van der Waals surface area contributed by atoms with E-state index in [0.717, 1.165) is 53.4 Å². The fourth-order valence-corrected chi connectivity index (χ4v) is 6.08. The van der Waals surface area contributed by atoms with Gasteiger partial charge in [0.05, 0.1) is 30.3 Å². The highest BCUT2D eigenvalue weighted by Gasteiger charge is 2.35. The second kappa shape index (κ2) is 9.20. The van der Waals surface area contributed by atoms with Gasteiger partial charge in [-0.25, -0.2) is 9.37 Å². The smallest absolute Gasteiger partial charge is 0.306 e. The van der Waals surface area contributed by atoms with Gasteiger partial charge in [-0.2, -0.15) is 5.10 Å². The van der Waals surface area contributed by atoms with Crippen molar-refractivity contribution in [1.29, 1.82) is 0 Å². The van der Waals surface area contributed by atoms with Crippen LogP contribution in [-0.2, 0) is 9.53 Å². The minimum Gasteiger partial charge on any atom is -0.494 e. The van der Waals surface area contributed by atoms with Crippen LogP contribution in [0.25, 0.3) is 27.8 Å². The summed E-state index contributed by atoms with van der Waals surface area (Å²) >= 11 is 0. The molecule has 0 atom stereocenters. The number of rotatable bonds is 5. The molecule has 2 fully saturated rings. The highest BCUT2D eigenvalue weighted by Crippen LogP contribution is 2.46. The molecule has 8 nitrogen and oxygen atoms in total. The Morgan fingerprint density at radius 3 is 2.64 bits per heavy atom. The highest BCUT2D eigenvalue weighted by molar-refractivity contribution is 5.93. The zero-order valence-electron chi connectivity index (χ0n) is 20.2. The molecule has 6 rings (SSSR count). The summed E-state index contributed by atoms with van der Waals surface area (Å²) in [5.41, 5.74) is 5.73. The summed E-state index contributed by atoms with van der Waals surface area (Å²) in [7, 11) is 1.47. The number of fused-ring (bicyclic) bond motifs is 2. The van der Waals surface area contributed by atoms with E-state index < -0.39 is 11.8 Å². The molecule has 3 aromatic heterocycles. The van der Waals surface area contributed by atoms with Crippen molar-refractivity contribution < 1.29 is 23.8 Å². The van der Waals surface area contributed by atoms with E-state index >= 15 is 0 Å². The number of H-pyrrole nitrogens is 1. The van der Waals surface area contributed by atoms with Crippen LogP contribution in [0.4, 0.5) is 4.39 Å². The third kappa shape index (κ3) is 3.82. The lowest BCUT2D eigenvalue weighted by Crippen LogP contribution is -2.23. The molecule has 4 heterocycles. The minimum absolute atomic E-state index is 0.188. The van der Waals surface area contributed by atoms with E-state index in [0.29, 0.717) is 26.1 Å². The average molecular weight is 493 g/mol. The molecule has 0 radical (unpaired) electrons. The molecule has 0 bridgehead atoms. The zero-order valence-corrected chi connectivity index (χ0v) is 20.2. The number of methoxy groups -OCH3 is 1. The maximum Gasteiger partial charge on any atom is 0.306 e. The van der Waals surface area contributed by atoms with Gasteiger partial charge >= 0.3 is 5.97 Å². The van der Waals surface area contributed by atoms with Crippen LogP contribution in [0.3, 0.4) is 0 Å². The lowest BCUT2D eigenvalue weighted by molar-refractivity contribution is -0.142. The quantitative estimate of drug-likeness (QED) is 0.392. The molecular formula is C27H29FN4O4. The lowest BCUT2D eigenvalue weighted by atomic mass is 9.76. The Morgan fingerprint density at radius 1 is 1.14 bits per heavy atom. The van der Waals surface area contributed by atoms with Gasteiger partial charge in [0, 0.05) is 47.5 Å². The summed E-state index contributed by atoms with van der Waals surface area (Å²) in [6, 6.07) is 7.05. The summed E-state index contributed by atoms with van der Waals surface area (Å²) in [5.74, 6) is -0.794. The van der Waals surface area contributed by atoms with Crippen molar-refractivity contribution in [2.45, 2.75) is 50.4 Å². The molecular weight excluding hydrogens is 463 g/mol. The molecule has 0 spiro atoms. The monoisotopic (exact) mass is 492 g/mol. The molecule has 0 amide bonds. The van der Waals surface area contributed by atoms with Crippen molar-refractivity contribution in [2.24, 2.45) is 5.92 Å². The summed E-state index contributed by atoms with van der Waals surface area (Å²) in [5, 5.41) is 17.6. The molecule has 36 heavy (non-hydrogen) atoms. The number of benzene rings is 1. The highest BCUT2D eigenvalue weighted by atomic mass is 19.1. The van der Waals surface area contributed by atoms with E-state index in [2.05, 4.69) is 20.8 Å². The largest absolute Gasteiger partial charge is 0.494 e. The molecule has 4 aromatic rings. The number of ether oxygens (including phenoxy) is 2. The molecule has 1 aliphatic heterocycles. The molecule has 1 aliphatic carbocycles. The molecule has 188 valence electrons. The standard InChI is InChI=1S/C27H29FN4O4/c1-35-22-13-19(6-7-20(22)28)32-21-12-18-14-29-31-26(18)30-24(21)23(25(32)16-8-10-36-11-9-16)15-2-4-17(5-3-15)27(33)34/h6-7,12-17H,2-5,8-11H2,1H3,(H,33,34)(H,29,30,31)/t15-,17-. The first-order valence-electron chi connectivity index (χ1n) is 12.6. The van der Waals surface area contributed by atoms with Crippen LogP contribution >= 0.6 is 0 Å². The first kappa shape index (κ1) is 23.0. The first-order valence-corrected chi connectivity index (χ1v) is 12.6. The van der Waals surface area contributed by atoms with E-state index in [4.69, 9.17) is 14.5 Å². The Bertz CT molecular complexity index is 1430. The number of carboxylic acids is 1. The number of hydrogen-bond acceptors (Lipinski definition) is 5. The van der Waals surface area contributed by atoms with E-state index in [1.807, 2.05) is 0 Å². The Kier molecular flexibility index (Phi) is 5.87. The van der Waals surface area contributed by atoms with Crippen LogP contribution in [0.15, 0.2) is 30.5 Å². The second-order valence-electron chi connectivity index (χ2n) is 9.89. The molecule has 1 saturated heterocycles. The number of hydrogen-bond donors (Lipinski definition) is 2. The van der Waals surface area contributed by atoms with Crippen LogP contribution in [0.1, 0.15) is 61.6 Å². The van der Waals surface area contributed by atoms with Gasteiger partial charge in [0.15, 0.2) is 17.2 Å². The third-order valence-electron chi connectivity index (χ3n) is 7.90. The number of pyridine rings is 1. The van der Waals surface area contributed by atoms with E-state index in [-0.39, 0.29) is 23.5 Å². The Morgan fingerprint density at radius 2 is 1.92 bits per heavy atom. The van der Waals surface area contributed by atoms with Crippen molar-refractivity contribution in [3.05, 3.63) is 47.5 Å². The predicted octanol–water partition coefficient (Wildman–Crippen LogP) is 5.30. The molecule has 1 saturated carbocycles. The van der Waals surface area contributed by atoms with Crippen LogP contribution in [0, 0.1) is 11.7 Å². The number of nitrogens with zero attached hydrogens (tertiary/aromatic N) is 3. The first-order chi connectivity index (χ1) is 17.5. The van der Waals surface area contributed by atoms with Gasteiger partial charge in [-0.15, -0.1) is 0 Å². The van der Waals surface area contributed by atoms with Crippen molar-refractivity contribution in [3.63, 3.8) is 0 Å². The average Bonchev–Trinajstić information content (AvgIpc) is 3.50. The molecule has 9 heteroatoms. The van der Waals surface area contributed by atoms with Crippen molar-refractivity contribution in [1.82, 2.24) is 19.7 Å². The van der Waals surface area contributed by atoms with Crippen LogP contribution in [0.5, 0.6) is 5.75 Å². The predicted molar refractivity (Wildman–Crippen MR) is 132 cm³/mol. The SMILES string of the molecule is COc1cc(-n2c(C3CCOCC3)c([C@H]3CC[C@H](C(=O)O)CC3)c3nc4[nH]ncc4cc32)ccc1F. The fourth-order valence-electron chi connectivity index (χ4n) is 6.08. The number of nitrogens with one attached hydrogen (secondary N) is 1. The summed E-state index contributed by atoms with van der Waals surface area (Å²) < 4.78 is 27.6. The van der Waals surface area contributed by atoms with Crippen molar-refractivity contribution in [3.8, 4) is 11.4 Å². The molecule has 1 aromatic carbocycles. The maximum absolute atomic E-state index is 14.4. The summed E-state index contributed by atoms with van der Waals surface area (Å²) in [6.45, 7) is 1.37. The Balaban J connectivity index is 1.62. The molecule has 0 unspecified atom stereocenters. The van der Waals surface area contributed by atoms with E-state index in [1.165, 1.54) is 24.4 Å². The topological polar surface area (TPSA) is 102 Å². The van der Waals surface area contributed by atoms with Crippen LogP contribution < -0.4 is 4.74 Å². The van der Waals surface area contributed by atoms with Crippen molar-refractivity contribution >= 4 is 28.0 Å². The van der Waals surface area contributed by atoms with Gasteiger partial charge in [0.1, 0.15) is 0 Å². The summed E-state index contributed by atoms with van der Waals surface area (Å²) in [4.78, 5) is 16.7.